The van der Waals surface area contributed by atoms with Gasteiger partial charge in [-0.2, -0.15) is 5.10 Å². The van der Waals surface area contributed by atoms with Crippen LogP contribution in [0.4, 0.5) is 0 Å². The average molecular weight is 331 g/mol. The molecule has 118 valence electrons. The van der Waals surface area contributed by atoms with E-state index in [0.29, 0.717) is 27.8 Å². The van der Waals surface area contributed by atoms with E-state index in [9.17, 15) is 5.11 Å². The van der Waals surface area contributed by atoms with Crippen LogP contribution in [0.3, 0.4) is 0 Å². The predicted octanol–water partition coefficient (Wildman–Crippen LogP) is 4.12. The maximum Gasteiger partial charge on any atom is 0.161 e. The Morgan fingerprint density at radius 1 is 1.00 bits per heavy atom. The molecule has 2 aromatic carbocycles. The minimum absolute atomic E-state index is 0.136. The number of aromatic hydroxyl groups is 1. The van der Waals surface area contributed by atoms with Crippen molar-refractivity contribution in [3.05, 3.63) is 47.5 Å². The lowest BCUT2D eigenvalue weighted by molar-refractivity contribution is 0.355. The second-order valence-corrected chi connectivity index (χ2v) is 5.33. The molecule has 0 aliphatic rings. The first kappa shape index (κ1) is 15.2. The van der Waals surface area contributed by atoms with Gasteiger partial charge in [0.15, 0.2) is 11.5 Å². The standard InChI is InChI=1S/C17H15ClN2O3/c1-22-16-6-3-10(7-17(16)23-2)13-9-14(20-19-13)12-8-11(18)4-5-15(12)21/h3-9,21H,1-2H3,(H,19,20). The van der Waals surface area contributed by atoms with Crippen LogP contribution in [-0.4, -0.2) is 29.5 Å². The highest BCUT2D eigenvalue weighted by molar-refractivity contribution is 6.30. The van der Waals surface area contributed by atoms with Crippen molar-refractivity contribution >= 4 is 11.6 Å². The summed E-state index contributed by atoms with van der Waals surface area (Å²) in [5.41, 5.74) is 2.86. The number of ether oxygens (including phenoxy) is 2. The third kappa shape index (κ3) is 2.96. The number of phenolic OH excluding ortho intramolecular Hbond substituents is 1. The Balaban J connectivity index is 2.00. The van der Waals surface area contributed by atoms with Gasteiger partial charge in [-0.05, 0) is 42.5 Å². The first-order valence-electron chi connectivity index (χ1n) is 6.89. The van der Waals surface area contributed by atoms with E-state index in [1.54, 1.807) is 32.4 Å². The maximum atomic E-state index is 9.98. The molecule has 0 amide bonds. The van der Waals surface area contributed by atoms with Gasteiger partial charge >= 0.3 is 0 Å². The summed E-state index contributed by atoms with van der Waals surface area (Å²) in [7, 11) is 3.17. The van der Waals surface area contributed by atoms with E-state index >= 15 is 0 Å². The Morgan fingerprint density at radius 2 is 1.78 bits per heavy atom. The Hall–Kier alpha value is -2.66. The summed E-state index contributed by atoms with van der Waals surface area (Å²) in [6.45, 7) is 0. The van der Waals surface area contributed by atoms with Crippen molar-refractivity contribution in [1.82, 2.24) is 10.2 Å². The average Bonchev–Trinajstić information content (AvgIpc) is 3.06. The Bertz CT molecular complexity index is 846. The Labute approximate surface area is 138 Å². The highest BCUT2D eigenvalue weighted by Crippen LogP contribution is 2.35. The largest absolute Gasteiger partial charge is 0.507 e. The maximum absolute atomic E-state index is 9.98. The summed E-state index contributed by atoms with van der Waals surface area (Å²) in [5.74, 6) is 1.41. The van der Waals surface area contributed by atoms with Crippen LogP contribution in [0.5, 0.6) is 17.2 Å². The predicted molar refractivity (Wildman–Crippen MR) is 89.2 cm³/mol. The van der Waals surface area contributed by atoms with Crippen LogP contribution < -0.4 is 9.47 Å². The number of aromatic nitrogens is 2. The number of H-pyrrole nitrogens is 1. The normalized spacial score (nSPS) is 10.6. The fraction of sp³-hybridized carbons (Fsp3) is 0.118. The molecular weight excluding hydrogens is 316 g/mol. The summed E-state index contributed by atoms with van der Waals surface area (Å²) < 4.78 is 10.5. The van der Waals surface area contributed by atoms with E-state index in [1.165, 1.54) is 0 Å². The molecule has 0 bridgehead atoms. The minimum atomic E-state index is 0.136. The third-order valence-corrected chi connectivity index (χ3v) is 3.74. The van der Waals surface area contributed by atoms with Crippen molar-refractivity contribution in [3.8, 4) is 39.8 Å². The number of halogens is 1. The molecule has 2 N–H and O–H groups in total. The molecule has 5 nitrogen and oxygen atoms in total. The highest BCUT2D eigenvalue weighted by Gasteiger charge is 2.12. The lowest BCUT2D eigenvalue weighted by Crippen LogP contribution is -1.90. The van der Waals surface area contributed by atoms with Crippen molar-refractivity contribution in [2.45, 2.75) is 0 Å². The zero-order valence-corrected chi connectivity index (χ0v) is 13.4. The second-order valence-electron chi connectivity index (χ2n) is 4.90. The molecule has 3 aromatic rings. The molecule has 0 fully saturated rings. The molecule has 0 aliphatic heterocycles. The summed E-state index contributed by atoms with van der Waals surface area (Å²) in [6.07, 6.45) is 0. The van der Waals surface area contributed by atoms with Crippen LogP contribution in [-0.2, 0) is 0 Å². The van der Waals surface area contributed by atoms with Gasteiger partial charge in [-0.15, -0.1) is 0 Å². The Morgan fingerprint density at radius 3 is 2.52 bits per heavy atom. The van der Waals surface area contributed by atoms with Crippen molar-refractivity contribution < 1.29 is 14.6 Å². The fourth-order valence-electron chi connectivity index (χ4n) is 2.33. The van der Waals surface area contributed by atoms with E-state index < -0.39 is 0 Å². The number of nitrogens with one attached hydrogen (secondary N) is 1. The van der Waals surface area contributed by atoms with Gasteiger partial charge in [0.25, 0.3) is 0 Å². The molecule has 0 saturated heterocycles. The number of rotatable bonds is 4. The van der Waals surface area contributed by atoms with Crippen LogP contribution in [0.15, 0.2) is 42.5 Å². The first-order valence-corrected chi connectivity index (χ1v) is 7.27. The van der Waals surface area contributed by atoms with Gasteiger partial charge in [0, 0.05) is 16.1 Å². The zero-order valence-electron chi connectivity index (χ0n) is 12.6. The second kappa shape index (κ2) is 6.22. The van der Waals surface area contributed by atoms with Gasteiger partial charge in [0.2, 0.25) is 0 Å². The van der Waals surface area contributed by atoms with E-state index in [-0.39, 0.29) is 5.75 Å². The summed E-state index contributed by atoms with van der Waals surface area (Å²) in [4.78, 5) is 0. The van der Waals surface area contributed by atoms with Gasteiger partial charge in [-0.1, -0.05) is 11.6 Å². The van der Waals surface area contributed by atoms with Crippen LogP contribution in [0.1, 0.15) is 0 Å². The van der Waals surface area contributed by atoms with Crippen molar-refractivity contribution in [2.24, 2.45) is 0 Å². The molecule has 1 aromatic heterocycles. The monoisotopic (exact) mass is 330 g/mol. The van der Waals surface area contributed by atoms with E-state index in [0.717, 1.165) is 11.3 Å². The number of hydrogen-bond acceptors (Lipinski definition) is 4. The van der Waals surface area contributed by atoms with Crippen LogP contribution >= 0.6 is 11.6 Å². The number of aromatic amines is 1. The molecule has 0 saturated carbocycles. The number of phenols is 1. The molecule has 0 aliphatic carbocycles. The van der Waals surface area contributed by atoms with Crippen molar-refractivity contribution in [1.29, 1.82) is 0 Å². The van der Waals surface area contributed by atoms with Crippen molar-refractivity contribution in [3.63, 3.8) is 0 Å². The highest BCUT2D eigenvalue weighted by atomic mass is 35.5. The molecule has 0 unspecified atom stereocenters. The SMILES string of the molecule is COc1ccc(-c2cc(-c3cc(Cl)ccc3O)[nH]n2)cc1OC. The molecule has 6 heteroatoms. The number of benzene rings is 2. The fourth-order valence-corrected chi connectivity index (χ4v) is 2.50. The van der Waals surface area contributed by atoms with Crippen molar-refractivity contribution in [2.75, 3.05) is 14.2 Å². The first-order chi connectivity index (χ1) is 11.1. The summed E-state index contributed by atoms with van der Waals surface area (Å²) in [6, 6.07) is 12.3. The Kier molecular flexibility index (Phi) is 4.12. The molecule has 0 radical (unpaired) electrons. The number of hydrogen-bond donors (Lipinski definition) is 2. The number of nitrogens with zero attached hydrogens (tertiary/aromatic N) is 1. The molecule has 0 spiro atoms. The molecule has 0 atom stereocenters. The van der Waals surface area contributed by atoms with Gasteiger partial charge < -0.3 is 14.6 Å². The van der Waals surface area contributed by atoms with E-state index in [2.05, 4.69) is 10.2 Å². The third-order valence-electron chi connectivity index (χ3n) is 3.51. The molecule has 23 heavy (non-hydrogen) atoms. The van der Waals surface area contributed by atoms with Gasteiger partial charge in [-0.25, -0.2) is 0 Å². The topological polar surface area (TPSA) is 67.4 Å². The molecular formula is C17H15ClN2O3. The lowest BCUT2D eigenvalue weighted by atomic mass is 10.1. The van der Waals surface area contributed by atoms with E-state index in [4.69, 9.17) is 21.1 Å². The van der Waals surface area contributed by atoms with Crippen LogP contribution in [0.2, 0.25) is 5.02 Å². The van der Waals surface area contributed by atoms with Crippen LogP contribution in [0.25, 0.3) is 22.5 Å². The summed E-state index contributed by atoms with van der Waals surface area (Å²) in [5, 5.41) is 17.7. The minimum Gasteiger partial charge on any atom is -0.507 e. The molecule has 3 rings (SSSR count). The van der Waals surface area contributed by atoms with Gasteiger partial charge in [0.05, 0.1) is 25.6 Å². The summed E-state index contributed by atoms with van der Waals surface area (Å²) >= 11 is 5.99. The molecule has 1 heterocycles. The van der Waals surface area contributed by atoms with Gasteiger partial charge in [-0.3, -0.25) is 5.10 Å². The van der Waals surface area contributed by atoms with E-state index in [1.807, 2.05) is 24.3 Å². The smallest absolute Gasteiger partial charge is 0.161 e. The zero-order chi connectivity index (χ0) is 16.4. The van der Waals surface area contributed by atoms with Crippen LogP contribution in [0, 0.1) is 0 Å². The lowest BCUT2D eigenvalue weighted by Gasteiger charge is -2.08. The van der Waals surface area contributed by atoms with Gasteiger partial charge in [0.1, 0.15) is 5.75 Å². The quantitative estimate of drug-likeness (QED) is 0.755. The number of methoxy groups -OCH3 is 2.